The van der Waals surface area contributed by atoms with Gasteiger partial charge in [0.15, 0.2) is 5.34 Å². The third-order valence-corrected chi connectivity index (χ3v) is 8.95. The van der Waals surface area contributed by atoms with Crippen LogP contribution in [0.5, 0.6) is 0 Å². The molecule has 0 spiro atoms. The number of allylic oxidation sites excluding steroid dienone is 1. The molecule has 3 rings (SSSR count). The molecule has 0 aliphatic heterocycles. The molecule has 0 amide bonds. The van der Waals surface area contributed by atoms with Crippen LogP contribution in [-0.2, 0) is 13.6 Å². The van der Waals surface area contributed by atoms with E-state index in [4.69, 9.17) is 9.05 Å². The highest BCUT2D eigenvalue weighted by Crippen LogP contribution is 2.72. The first kappa shape index (κ1) is 17.7. The second kappa shape index (κ2) is 6.63. The summed E-state index contributed by atoms with van der Waals surface area (Å²) in [6, 6.07) is 0. The molecule has 5 heteroatoms. The Kier molecular flexibility index (Phi) is 5.09. The number of hydrogen-bond acceptors (Lipinski definition) is 4. The predicted octanol–water partition coefficient (Wildman–Crippen LogP) is 4.88. The van der Waals surface area contributed by atoms with Crippen molar-refractivity contribution in [2.24, 2.45) is 17.8 Å². The molecule has 2 bridgehead atoms. The second-order valence-corrected chi connectivity index (χ2v) is 9.48. The molecular formula is C18H31O4P. The SMILES string of the molecule is CCOP(=O)(OCC)[C@@]1(O)[C@H]2CCC[C@H]1[C@H](C)C1=C2CCCC1. The standard InChI is InChI=1S/C18H31O4P/c1-4-21-23(20,22-5-2)18(19)16-11-8-12-17(18)15-10-7-6-9-14(15)13(16)3/h13,16-17,19H,4-12H2,1-3H3/t13-,16+,17+,18-/m1/s1. The van der Waals surface area contributed by atoms with Crippen LogP contribution in [0.1, 0.15) is 65.7 Å². The van der Waals surface area contributed by atoms with Gasteiger partial charge in [0, 0.05) is 11.8 Å². The lowest BCUT2D eigenvalue weighted by Gasteiger charge is -2.55. The Labute approximate surface area is 140 Å². The van der Waals surface area contributed by atoms with Crippen molar-refractivity contribution < 1.29 is 18.7 Å². The van der Waals surface area contributed by atoms with E-state index in [1.165, 1.54) is 24.0 Å². The monoisotopic (exact) mass is 342 g/mol. The van der Waals surface area contributed by atoms with Crippen molar-refractivity contribution >= 4 is 7.60 Å². The molecule has 1 N–H and O–H groups in total. The van der Waals surface area contributed by atoms with Gasteiger partial charge in [-0.2, -0.15) is 0 Å². The van der Waals surface area contributed by atoms with Crippen LogP contribution in [0.3, 0.4) is 0 Å². The smallest absolute Gasteiger partial charge is 0.362 e. The van der Waals surface area contributed by atoms with Crippen LogP contribution in [0.2, 0.25) is 0 Å². The second-order valence-electron chi connectivity index (χ2n) is 7.25. The third-order valence-electron chi connectivity index (χ3n) is 6.23. The average molecular weight is 342 g/mol. The van der Waals surface area contributed by atoms with Gasteiger partial charge in [-0.25, -0.2) is 0 Å². The van der Waals surface area contributed by atoms with E-state index in [2.05, 4.69) is 6.92 Å². The average Bonchev–Trinajstić information content (AvgIpc) is 2.53. The van der Waals surface area contributed by atoms with Crippen LogP contribution in [-0.4, -0.2) is 23.7 Å². The molecule has 1 fully saturated rings. The Morgan fingerprint density at radius 3 is 2.30 bits per heavy atom. The Bertz CT molecular complexity index is 519. The van der Waals surface area contributed by atoms with Gasteiger partial charge in [0.2, 0.25) is 0 Å². The first-order valence-corrected chi connectivity index (χ1v) is 10.9. The summed E-state index contributed by atoms with van der Waals surface area (Å²) < 4.78 is 24.9. The van der Waals surface area contributed by atoms with Crippen molar-refractivity contribution in [3.05, 3.63) is 11.1 Å². The van der Waals surface area contributed by atoms with Crippen molar-refractivity contribution in [3.63, 3.8) is 0 Å². The summed E-state index contributed by atoms with van der Waals surface area (Å²) in [5.74, 6) is 0.222. The minimum atomic E-state index is -3.56. The van der Waals surface area contributed by atoms with Crippen molar-refractivity contribution in [2.75, 3.05) is 13.2 Å². The fourth-order valence-corrected chi connectivity index (χ4v) is 7.96. The highest BCUT2D eigenvalue weighted by atomic mass is 31.2. The summed E-state index contributed by atoms with van der Waals surface area (Å²) in [6.07, 6.45) is 7.52. The highest BCUT2D eigenvalue weighted by Gasteiger charge is 2.65. The summed E-state index contributed by atoms with van der Waals surface area (Å²) in [4.78, 5) is 0. The van der Waals surface area contributed by atoms with Gasteiger partial charge in [0.05, 0.1) is 13.2 Å². The van der Waals surface area contributed by atoms with E-state index in [1.807, 2.05) is 13.8 Å². The van der Waals surface area contributed by atoms with Gasteiger partial charge in [0.25, 0.3) is 0 Å². The van der Waals surface area contributed by atoms with Gasteiger partial charge in [-0.1, -0.05) is 24.5 Å². The van der Waals surface area contributed by atoms with Crippen LogP contribution in [0.25, 0.3) is 0 Å². The zero-order chi connectivity index (χ0) is 16.7. The Morgan fingerprint density at radius 2 is 1.70 bits per heavy atom. The summed E-state index contributed by atoms with van der Waals surface area (Å²) >= 11 is 0. The van der Waals surface area contributed by atoms with E-state index in [1.54, 1.807) is 0 Å². The molecule has 1 saturated carbocycles. The Morgan fingerprint density at radius 1 is 1.09 bits per heavy atom. The molecule has 0 aromatic carbocycles. The number of aliphatic hydroxyl groups is 1. The summed E-state index contributed by atoms with van der Waals surface area (Å²) in [6.45, 7) is 6.46. The van der Waals surface area contributed by atoms with E-state index in [0.29, 0.717) is 13.2 Å². The summed E-state index contributed by atoms with van der Waals surface area (Å²) in [5, 5.41) is 10.5. The zero-order valence-corrected chi connectivity index (χ0v) is 15.6. The normalized spacial score (nSPS) is 37.7. The zero-order valence-electron chi connectivity index (χ0n) is 14.7. The van der Waals surface area contributed by atoms with E-state index >= 15 is 0 Å². The maximum atomic E-state index is 13.6. The van der Waals surface area contributed by atoms with Crippen LogP contribution in [0, 0.1) is 17.8 Å². The molecule has 0 saturated heterocycles. The topological polar surface area (TPSA) is 55.8 Å². The van der Waals surface area contributed by atoms with Gasteiger partial charge >= 0.3 is 7.60 Å². The van der Waals surface area contributed by atoms with E-state index in [0.717, 1.165) is 32.1 Å². The Hall–Kier alpha value is -0.150. The molecule has 23 heavy (non-hydrogen) atoms. The van der Waals surface area contributed by atoms with Crippen LogP contribution in [0.4, 0.5) is 0 Å². The molecule has 0 unspecified atom stereocenters. The summed E-state index contributed by atoms with van der Waals surface area (Å²) in [7, 11) is -3.56. The molecule has 3 aliphatic rings. The van der Waals surface area contributed by atoms with E-state index in [9.17, 15) is 9.67 Å². The Balaban J connectivity index is 2.11. The predicted molar refractivity (Wildman–Crippen MR) is 91.3 cm³/mol. The minimum absolute atomic E-state index is 0.0120. The van der Waals surface area contributed by atoms with E-state index in [-0.39, 0.29) is 17.8 Å². The molecule has 4 atom stereocenters. The maximum absolute atomic E-state index is 13.6. The van der Waals surface area contributed by atoms with Crippen LogP contribution < -0.4 is 0 Å². The molecular weight excluding hydrogens is 311 g/mol. The van der Waals surface area contributed by atoms with Crippen molar-refractivity contribution in [1.82, 2.24) is 0 Å². The van der Waals surface area contributed by atoms with Crippen LogP contribution >= 0.6 is 7.60 Å². The van der Waals surface area contributed by atoms with Crippen molar-refractivity contribution in [2.45, 2.75) is 71.1 Å². The van der Waals surface area contributed by atoms with Gasteiger partial charge in [-0.05, 0) is 58.3 Å². The van der Waals surface area contributed by atoms with Gasteiger partial charge in [-0.15, -0.1) is 0 Å². The maximum Gasteiger partial charge on any atom is 0.362 e. The number of hydrogen-bond donors (Lipinski definition) is 1. The number of fused-ring (bicyclic) bond motifs is 3. The van der Waals surface area contributed by atoms with Crippen LogP contribution in [0.15, 0.2) is 11.1 Å². The molecule has 3 aliphatic carbocycles. The van der Waals surface area contributed by atoms with Crippen molar-refractivity contribution in [3.8, 4) is 0 Å². The van der Waals surface area contributed by atoms with Crippen molar-refractivity contribution in [1.29, 1.82) is 0 Å². The van der Waals surface area contributed by atoms with E-state index < -0.39 is 12.9 Å². The molecule has 132 valence electrons. The third kappa shape index (κ3) is 2.57. The lowest BCUT2D eigenvalue weighted by atomic mass is 9.59. The van der Waals surface area contributed by atoms with Gasteiger partial charge in [-0.3, -0.25) is 4.57 Å². The first-order chi connectivity index (χ1) is 11.0. The molecule has 0 heterocycles. The molecule has 4 nitrogen and oxygen atoms in total. The molecule has 0 radical (unpaired) electrons. The first-order valence-electron chi connectivity index (χ1n) is 9.33. The quantitative estimate of drug-likeness (QED) is 0.571. The number of rotatable bonds is 5. The minimum Gasteiger partial charge on any atom is -0.377 e. The summed E-state index contributed by atoms with van der Waals surface area (Å²) in [5.41, 5.74) is 2.91. The lowest BCUT2D eigenvalue weighted by molar-refractivity contribution is -0.0651. The largest absolute Gasteiger partial charge is 0.377 e. The lowest BCUT2D eigenvalue weighted by Crippen LogP contribution is -2.55. The van der Waals surface area contributed by atoms with Gasteiger partial charge in [0.1, 0.15) is 0 Å². The fraction of sp³-hybridized carbons (Fsp3) is 0.889. The molecule has 0 aromatic rings. The van der Waals surface area contributed by atoms with Gasteiger partial charge < -0.3 is 14.2 Å². The molecule has 0 aromatic heterocycles. The fourth-order valence-electron chi connectivity index (χ4n) is 5.36. The highest BCUT2D eigenvalue weighted by molar-refractivity contribution is 7.55.